The Morgan fingerprint density at radius 2 is 2.19 bits per heavy atom. The van der Waals surface area contributed by atoms with Gasteiger partial charge in [-0.25, -0.2) is 9.50 Å². The van der Waals surface area contributed by atoms with Crippen molar-refractivity contribution in [3.63, 3.8) is 0 Å². The molecule has 0 aromatic carbocycles. The summed E-state index contributed by atoms with van der Waals surface area (Å²) in [6.07, 6.45) is 0.0426. The summed E-state index contributed by atoms with van der Waals surface area (Å²) in [6.45, 7) is 0.172. The van der Waals surface area contributed by atoms with E-state index in [-0.39, 0.29) is 35.9 Å². The number of nitrogen functional groups attached to an aromatic ring is 1. The third kappa shape index (κ3) is 4.03. The lowest BCUT2D eigenvalue weighted by atomic mass is 10.2. The quantitative estimate of drug-likeness (QED) is 0.560. The van der Waals surface area contributed by atoms with E-state index in [0.717, 1.165) is 0 Å². The van der Waals surface area contributed by atoms with Gasteiger partial charge in [-0.1, -0.05) is 0 Å². The number of halogens is 3. The first kappa shape index (κ1) is 20.7. The first-order valence-corrected chi connectivity index (χ1v) is 9.27. The van der Waals surface area contributed by atoms with E-state index < -0.39 is 18.1 Å². The van der Waals surface area contributed by atoms with Crippen molar-refractivity contribution in [2.45, 2.75) is 12.2 Å². The molecule has 4 heterocycles. The molecule has 0 spiro atoms. The fourth-order valence-electron chi connectivity index (χ4n) is 3.35. The fourth-order valence-corrected chi connectivity index (χ4v) is 3.35. The number of amides is 1. The van der Waals surface area contributed by atoms with Gasteiger partial charge in [0.25, 0.3) is 5.91 Å². The number of methoxy groups -OCH3 is 1. The van der Waals surface area contributed by atoms with Crippen molar-refractivity contribution in [1.82, 2.24) is 24.9 Å². The highest BCUT2D eigenvalue weighted by Crippen LogP contribution is 2.27. The Balaban J connectivity index is 1.66. The van der Waals surface area contributed by atoms with Gasteiger partial charge < -0.3 is 26.0 Å². The minimum absolute atomic E-state index is 0.00439. The summed E-state index contributed by atoms with van der Waals surface area (Å²) < 4.78 is 45.8. The van der Waals surface area contributed by atoms with Crippen molar-refractivity contribution in [3.8, 4) is 5.75 Å². The highest BCUT2D eigenvalue weighted by molar-refractivity contribution is 6.12. The Bertz CT molecular complexity index is 1120. The van der Waals surface area contributed by atoms with Crippen LogP contribution in [0.4, 0.5) is 30.5 Å². The van der Waals surface area contributed by atoms with E-state index >= 15 is 0 Å². The minimum Gasteiger partial charge on any atom is -0.494 e. The molecule has 0 radical (unpaired) electrons. The number of hydrogen-bond donors (Lipinski definition) is 3. The number of piperazine rings is 1. The molecule has 3 aromatic heterocycles. The lowest BCUT2D eigenvalue weighted by Crippen LogP contribution is -2.57. The molecule has 0 aliphatic carbocycles. The zero-order chi connectivity index (χ0) is 22.2. The Labute approximate surface area is 174 Å². The zero-order valence-electron chi connectivity index (χ0n) is 16.3. The largest absolute Gasteiger partial charge is 0.494 e. The molecule has 0 saturated carbocycles. The molecule has 1 unspecified atom stereocenters. The lowest BCUT2D eigenvalue weighted by Gasteiger charge is -2.35. The number of aromatic nitrogens is 4. The standard InChI is InChI=1S/C18H19F3N8O2/c1-31-11-2-4-23-8-10(11)25-17(30)14-15(22)27-29-6-3-13(26-16(14)29)28-7-5-24-12(9-28)18(19,20)21/h2-4,6,8,12,24H,5,7,9H2,1H3,(H2,22,27)(H,25,30). The zero-order valence-corrected chi connectivity index (χ0v) is 16.3. The van der Waals surface area contributed by atoms with E-state index in [2.05, 4.69) is 25.7 Å². The predicted octanol–water partition coefficient (Wildman–Crippen LogP) is 1.31. The highest BCUT2D eigenvalue weighted by atomic mass is 19.4. The van der Waals surface area contributed by atoms with E-state index in [0.29, 0.717) is 18.0 Å². The minimum atomic E-state index is -4.38. The van der Waals surface area contributed by atoms with E-state index in [1.165, 1.54) is 41.2 Å². The summed E-state index contributed by atoms with van der Waals surface area (Å²) in [5.41, 5.74) is 6.37. The van der Waals surface area contributed by atoms with Crippen LogP contribution in [0.1, 0.15) is 10.4 Å². The molecule has 1 fully saturated rings. The van der Waals surface area contributed by atoms with Crippen molar-refractivity contribution in [2.75, 3.05) is 42.7 Å². The molecule has 3 aromatic rings. The predicted molar refractivity (Wildman–Crippen MR) is 106 cm³/mol. The third-order valence-corrected chi connectivity index (χ3v) is 4.87. The second kappa shape index (κ2) is 7.91. The molecule has 4 N–H and O–H groups in total. The van der Waals surface area contributed by atoms with Crippen LogP contribution in [0.15, 0.2) is 30.7 Å². The van der Waals surface area contributed by atoms with Crippen molar-refractivity contribution in [2.24, 2.45) is 0 Å². The maximum atomic E-state index is 13.1. The van der Waals surface area contributed by atoms with Gasteiger partial charge in [-0.05, 0) is 6.07 Å². The van der Waals surface area contributed by atoms with Gasteiger partial charge in [0.15, 0.2) is 11.5 Å². The summed E-state index contributed by atoms with van der Waals surface area (Å²) in [5.74, 6) is 0.0117. The molecular formula is C18H19F3N8O2. The number of carbonyl (C=O) groups is 1. The second-order valence-corrected chi connectivity index (χ2v) is 6.84. The number of nitrogens with zero attached hydrogens (tertiary/aromatic N) is 5. The summed E-state index contributed by atoms with van der Waals surface area (Å²) in [4.78, 5) is 22.7. The smallest absolute Gasteiger partial charge is 0.405 e. The van der Waals surface area contributed by atoms with Gasteiger partial charge in [0.05, 0.1) is 13.3 Å². The summed E-state index contributed by atoms with van der Waals surface area (Å²) >= 11 is 0. The van der Waals surface area contributed by atoms with Crippen LogP contribution in [-0.4, -0.2) is 64.5 Å². The van der Waals surface area contributed by atoms with Crippen molar-refractivity contribution in [3.05, 3.63) is 36.3 Å². The molecule has 13 heteroatoms. The van der Waals surface area contributed by atoms with Gasteiger partial charge in [-0.3, -0.25) is 9.78 Å². The molecule has 10 nitrogen and oxygen atoms in total. The Morgan fingerprint density at radius 3 is 2.94 bits per heavy atom. The van der Waals surface area contributed by atoms with E-state index in [9.17, 15) is 18.0 Å². The Kier molecular flexibility index (Phi) is 5.27. The fraction of sp³-hybridized carbons (Fsp3) is 0.333. The SMILES string of the molecule is COc1ccncc1NC(=O)c1c(N)nn2ccc(N3CCNC(C(F)(F)F)C3)nc12. The van der Waals surface area contributed by atoms with Crippen molar-refractivity contribution in [1.29, 1.82) is 0 Å². The molecule has 1 amide bonds. The maximum absolute atomic E-state index is 13.1. The van der Waals surface area contributed by atoms with Crippen molar-refractivity contribution < 1.29 is 22.7 Å². The molecule has 164 valence electrons. The summed E-state index contributed by atoms with van der Waals surface area (Å²) in [6, 6.07) is 1.44. The maximum Gasteiger partial charge on any atom is 0.405 e. The number of anilines is 3. The third-order valence-electron chi connectivity index (χ3n) is 4.87. The molecule has 0 bridgehead atoms. The first-order valence-electron chi connectivity index (χ1n) is 9.27. The van der Waals surface area contributed by atoms with Gasteiger partial charge in [0.2, 0.25) is 0 Å². The number of nitrogens with one attached hydrogen (secondary N) is 2. The van der Waals surface area contributed by atoms with Crippen LogP contribution in [0.2, 0.25) is 0 Å². The number of pyridine rings is 1. The van der Waals surface area contributed by atoms with Gasteiger partial charge in [0, 0.05) is 38.1 Å². The Hall–Kier alpha value is -3.61. The topological polar surface area (TPSA) is 123 Å². The number of rotatable bonds is 4. The van der Waals surface area contributed by atoms with Crippen molar-refractivity contribution >= 4 is 28.9 Å². The van der Waals surface area contributed by atoms with Crippen LogP contribution in [-0.2, 0) is 0 Å². The van der Waals surface area contributed by atoms with Gasteiger partial charge >= 0.3 is 6.18 Å². The molecular weight excluding hydrogens is 417 g/mol. The normalized spacial score (nSPS) is 17.0. The van der Waals surface area contributed by atoms with Crippen LogP contribution in [0.3, 0.4) is 0 Å². The molecule has 1 saturated heterocycles. The molecule has 4 rings (SSSR count). The average Bonchev–Trinajstić information content (AvgIpc) is 3.08. The molecule has 31 heavy (non-hydrogen) atoms. The number of nitrogens with two attached hydrogens (primary N) is 1. The molecule has 1 atom stereocenters. The van der Waals surface area contributed by atoms with E-state index in [1.807, 2.05) is 0 Å². The van der Waals surface area contributed by atoms with E-state index in [1.54, 1.807) is 6.07 Å². The summed E-state index contributed by atoms with van der Waals surface area (Å²) in [5, 5.41) is 9.18. The number of alkyl halides is 3. The average molecular weight is 436 g/mol. The van der Waals surface area contributed by atoms with Gasteiger partial charge in [0.1, 0.15) is 28.9 Å². The lowest BCUT2D eigenvalue weighted by molar-refractivity contribution is -0.155. The molecule has 1 aliphatic heterocycles. The number of carbonyl (C=O) groups excluding carboxylic acids is 1. The number of fused-ring (bicyclic) bond motifs is 1. The monoisotopic (exact) mass is 436 g/mol. The van der Waals surface area contributed by atoms with Crippen LogP contribution in [0.5, 0.6) is 5.75 Å². The first-order chi connectivity index (χ1) is 14.8. The second-order valence-electron chi connectivity index (χ2n) is 6.84. The summed E-state index contributed by atoms with van der Waals surface area (Å²) in [7, 11) is 1.45. The van der Waals surface area contributed by atoms with Gasteiger partial charge in [-0.15, -0.1) is 5.10 Å². The Morgan fingerprint density at radius 1 is 1.39 bits per heavy atom. The number of ether oxygens (including phenoxy) is 1. The van der Waals surface area contributed by atoms with Crippen LogP contribution >= 0.6 is 0 Å². The van der Waals surface area contributed by atoms with E-state index in [4.69, 9.17) is 10.5 Å². The van der Waals surface area contributed by atoms with Crippen LogP contribution in [0.25, 0.3) is 5.65 Å². The highest BCUT2D eigenvalue weighted by Gasteiger charge is 2.42. The van der Waals surface area contributed by atoms with Gasteiger partial charge in [-0.2, -0.15) is 13.2 Å². The van der Waals surface area contributed by atoms with Crippen LogP contribution < -0.4 is 26.0 Å². The van der Waals surface area contributed by atoms with Crippen LogP contribution in [0, 0.1) is 0 Å². The molecule has 1 aliphatic rings. The number of hydrogen-bond acceptors (Lipinski definition) is 8.